The van der Waals surface area contributed by atoms with Crippen molar-refractivity contribution in [3.63, 3.8) is 0 Å². The Balaban J connectivity index is 2.70. The third-order valence-corrected chi connectivity index (χ3v) is 3.56. The maximum absolute atomic E-state index is 11.7. The Bertz CT molecular complexity index is 428. The van der Waals surface area contributed by atoms with Gasteiger partial charge in [0.1, 0.15) is 5.76 Å². The largest absolute Gasteiger partial charge is 0.447 e. The minimum Gasteiger partial charge on any atom is -0.447 e. The summed E-state index contributed by atoms with van der Waals surface area (Å²) in [6.45, 7) is 1.95. The predicted molar refractivity (Wildman–Crippen MR) is 59.9 cm³/mol. The molecule has 1 aromatic heterocycles. The molecule has 1 aromatic rings. The quantitative estimate of drug-likeness (QED) is 0.790. The second-order valence-corrected chi connectivity index (χ2v) is 5.22. The number of halogens is 1. The van der Waals surface area contributed by atoms with Crippen molar-refractivity contribution in [3.05, 3.63) is 17.9 Å². The van der Waals surface area contributed by atoms with E-state index >= 15 is 0 Å². The summed E-state index contributed by atoms with van der Waals surface area (Å²) in [4.78, 5) is 0. The molecule has 0 aliphatic carbocycles. The molecule has 0 aromatic carbocycles. The van der Waals surface area contributed by atoms with E-state index in [-0.39, 0.29) is 23.6 Å². The highest BCUT2D eigenvalue weighted by Gasteiger charge is 2.19. The van der Waals surface area contributed by atoms with Crippen LogP contribution in [-0.4, -0.2) is 28.2 Å². The summed E-state index contributed by atoms with van der Waals surface area (Å²) in [5.41, 5.74) is 0. The smallest absolute Gasteiger partial charge is 0.274 e. The van der Waals surface area contributed by atoms with E-state index < -0.39 is 10.0 Å². The molecular weight excluding hydrogens is 254 g/mol. The molecule has 1 unspecified atom stereocenters. The van der Waals surface area contributed by atoms with Crippen LogP contribution in [0.5, 0.6) is 0 Å². The van der Waals surface area contributed by atoms with Crippen LogP contribution in [0.25, 0.3) is 0 Å². The highest BCUT2D eigenvalue weighted by atomic mass is 35.5. The van der Waals surface area contributed by atoms with E-state index in [0.29, 0.717) is 5.76 Å². The number of alkyl halides is 1. The van der Waals surface area contributed by atoms with Crippen molar-refractivity contribution in [3.8, 4) is 0 Å². The van der Waals surface area contributed by atoms with E-state index in [1.807, 2.05) is 0 Å². The van der Waals surface area contributed by atoms with Crippen LogP contribution in [0.4, 0.5) is 0 Å². The van der Waals surface area contributed by atoms with Crippen LogP contribution in [0.15, 0.2) is 21.6 Å². The topological polar surface area (TPSA) is 68.5 Å². The third-order valence-electron chi connectivity index (χ3n) is 2.00. The van der Waals surface area contributed by atoms with Gasteiger partial charge in [-0.25, -0.2) is 13.1 Å². The van der Waals surface area contributed by atoms with Gasteiger partial charge in [-0.15, -0.1) is 11.6 Å². The Morgan fingerprint density at radius 3 is 2.75 bits per heavy atom. The number of nitrogens with one attached hydrogen (secondary N) is 1. The lowest BCUT2D eigenvalue weighted by Gasteiger charge is -2.09. The zero-order chi connectivity index (χ0) is 12.2. The lowest BCUT2D eigenvalue weighted by molar-refractivity contribution is 0.122. The van der Waals surface area contributed by atoms with Gasteiger partial charge in [0.05, 0.1) is 12.0 Å². The average Bonchev–Trinajstić information content (AvgIpc) is 2.75. The van der Waals surface area contributed by atoms with Gasteiger partial charge in [0, 0.05) is 13.7 Å². The van der Waals surface area contributed by atoms with Crippen LogP contribution in [0.3, 0.4) is 0 Å². The summed E-state index contributed by atoms with van der Waals surface area (Å²) in [7, 11) is -2.10. The second-order valence-electron chi connectivity index (χ2n) is 3.25. The summed E-state index contributed by atoms with van der Waals surface area (Å²) in [6, 6.07) is 2.90. The lowest BCUT2D eigenvalue weighted by atomic mass is 10.4. The van der Waals surface area contributed by atoms with E-state index in [2.05, 4.69) is 4.72 Å². The molecule has 0 spiro atoms. The van der Waals surface area contributed by atoms with E-state index in [9.17, 15) is 8.42 Å². The Morgan fingerprint density at radius 1 is 1.56 bits per heavy atom. The number of hydrogen-bond acceptors (Lipinski definition) is 4. The highest BCUT2D eigenvalue weighted by Crippen LogP contribution is 2.15. The molecular formula is C9H14ClNO4S. The first-order valence-electron chi connectivity index (χ1n) is 4.66. The van der Waals surface area contributed by atoms with Gasteiger partial charge in [-0.05, 0) is 19.1 Å². The molecule has 0 saturated heterocycles. The first-order chi connectivity index (χ1) is 7.49. The molecule has 0 fully saturated rings. The van der Waals surface area contributed by atoms with Crippen LogP contribution in [0.2, 0.25) is 0 Å². The highest BCUT2D eigenvalue weighted by molar-refractivity contribution is 7.89. The maximum atomic E-state index is 11.7. The van der Waals surface area contributed by atoms with Gasteiger partial charge in [-0.3, -0.25) is 0 Å². The van der Waals surface area contributed by atoms with Crippen LogP contribution in [-0.2, 0) is 20.6 Å². The van der Waals surface area contributed by atoms with E-state index in [4.69, 9.17) is 20.8 Å². The lowest BCUT2D eigenvalue weighted by Crippen LogP contribution is -2.31. The Kier molecular flexibility index (Phi) is 4.79. The first kappa shape index (κ1) is 13.5. The fourth-order valence-corrected chi connectivity index (χ4v) is 2.16. The normalized spacial score (nSPS) is 13.9. The maximum Gasteiger partial charge on any atom is 0.274 e. The van der Waals surface area contributed by atoms with E-state index in [1.165, 1.54) is 19.2 Å². The Labute approximate surface area is 99.8 Å². The molecule has 16 heavy (non-hydrogen) atoms. The third kappa shape index (κ3) is 3.48. The molecule has 7 heteroatoms. The van der Waals surface area contributed by atoms with E-state index in [0.717, 1.165) is 0 Å². The summed E-state index contributed by atoms with van der Waals surface area (Å²) < 4.78 is 35.7. The molecule has 5 nitrogen and oxygen atoms in total. The SMILES string of the molecule is COC(C)CNS(=O)(=O)c1ccc(CCl)o1. The van der Waals surface area contributed by atoms with Crippen molar-refractivity contribution >= 4 is 21.6 Å². The molecule has 0 saturated carbocycles. The van der Waals surface area contributed by atoms with Crippen molar-refractivity contribution in [1.29, 1.82) is 0 Å². The van der Waals surface area contributed by atoms with Crippen molar-refractivity contribution in [2.24, 2.45) is 0 Å². The minimum atomic E-state index is -3.61. The molecule has 1 rings (SSSR count). The predicted octanol–water partition coefficient (Wildman–Crippen LogP) is 1.33. The molecule has 0 amide bonds. The van der Waals surface area contributed by atoms with Gasteiger partial charge in [0.15, 0.2) is 0 Å². The van der Waals surface area contributed by atoms with Crippen LogP contribution >= 0.6 is 11.6 Å². The van der Waals surface area contributed by atoms with Crippen LogP contribution in [0.1, 0.15) is 12.7 Å². The monoisotopic (exact) mass is 267 g/mol. The Hall–Kier alpha value is -0.560. The first-order valence-corrected chi connectivity index (χ1v) is 6.68. The summed E-state index contributed by atoms with van der Waals surface area (Å²) in [5, 5.41) is -0.133. The van der Waals surface area contributed by atoms with Gasteiger partial charge in [-0.1, -0.05) is 0 Å². The molecule has 0 aliphatic heterocycles. The van der Waals surface area contributed by atoms with Crippen molar-refractivity contribution < 1.29 is 17.6 Å². The number of furan rings is 1. The summed E-state index contributed by atoms with van der Waals surface area (Å²) >= 11 is 5.51. The fraction of sp³-hybridized carbons (Fsp3) is 0.556. The number of methoxy groups -OCH3 is 1. The van der Waals surface area contributed by atoms with Crippen LogP contribution < -0.4 is 4.72 Å². The Morgan fingerprint density at radius 2 is 2.25 bits per heavy atom. The minimum absolute atomic E-state index is 0.133. The molecule has 1 heterocycles. The van der Waals surface area contributed by atoms with Gasteiger partial charge >= 0.3 is 0 Å². The van der Waals surface area contributed by atoms with Gasteiger partial charge in [0.2, 0.25) is 5.09 Å². The number of ether oxygens (including phenoxy) is 1. The molecule has 1 atom stereocenters. The van der Waals surface area contributed by atoms with Crippen molar-refractivity contribution in [1.82, 2.24) is 4.72 Å². The fourth-order valence-electron chi connectivity index (χ4n) is 0.956. The van der Waals surface area contributed by atoms with E-state index in [1.54, 1.807) is 6.92 Å². The van der Waals surface area contributed by atoms with Gasteiger partial charge in [-0.2, -0.15) is 0 Å². The summed E-state index contributed by atoms with van der Waals surface area (Å²) in [6.07, 6.45) is -0.197. The van der Waals surface area contributed by atoms with Gasteiger partial charge < -0.3 is 9.15 Å². The van der Waals surface area contributed by atoms with Crippen molar-refractivity contribution in [2.45, 2.75) is 24.0 Å². The number of rotatable bonds is 6. The number of hydrogen-bond donors (Lipinski definition) is 1. The molecule has 0 bridgehead atoms. The zero-order valence-electron chi connectivity index (χ0n) is 9.07. The molecule has 92 valence electrons. The summed E-state index contributed by atoms with van der Waals surface area (Å²) in [5.74, 6) is 0.561. The molecule has 1 N–H and O–H groups in total. The molecule has 0 radical (unpaired) electrons. The standard InChI is InChI=1S/C9H14ClNO4S/c1-7(14-2)6-11-16(12,13)9-4-3-8(5-10)15-9/h3-4,7,11H,5-6H2,1-2H3. The van der Waals surface area contributed by atoms with Crippen molar-refractivity contribution in [2.75, 3.05) is 13.7 Å². The van der Waals surface area contributed by atoms with Crippen LogP contribution in [0, 0.1) is 0 Å². The van der Waals surface area contributed by atoms with Gasteiger partial charge in [0.25, 0.3) is 10.0 Å². The second kappa shape index (κ2) is 5.67. The average molecular weight is 268 g/mol. The zero-order valence-corrected chi connectivity index (χ0v) is 10.6. The molecule has 0 aliphatic rings. The number of sulfonamides is 1.